The van der Waals surface area contributed by atoms with Crippen molar-refractivity contribution in [3.63, 3.8) is 0 Å². The molecule has 128 valence electrons. The lowest BCUT2D eigenvalue weighted by Gasteiger charge is -2.07. The smallest absolute Gasteiger partial charge is 0.258 e. The van der Waals surface area contributed by atoms with Crippen molar-refractivity contribution >= 4 is 17.2 Å². The first-order valence-corrected chi connectivity index (χ1v) is 8.14. The molecule has 0 bridgehead atoms. The Bertz CT molecular complexity index is 1070. The monoisotopic (exact) mass is 346 g/mol. The summed E-state index contributed by atoms with van der Waals surface area (Å²) in [6.07, 6.45) is 2.54. The van der Waals surface area contributed by atoms with Gasteiger partial charge in [0.05, 0.1) is 5.56 Å². The predicted molar refractivity (Wildman–Crippen MR) is 96.6 cm³/mol. The number of aromatic nitrogens is 3. The highest BCUT2D eigenvalue weighted by atomic mass is 19.1. The minimum Gasteiger partial charge on any atom is -0.322 e. The van der Waals surface area contributed by atoms with Crippen LogP contribution in [0.15, 0.2) is 72.9 Å². The molecule has 4 aromatic rings. The number of nitrogens with one attached hydrogen (secondary N) is 1. The summed E-state index contributed by atoms with van der Waals surface area (Å²) in [6.45, 7) is 0. The molecule has 0 spiro atoms. The van der Waals surface area contributed by atoms with Crippen LogP contribution in [0, 0.1) is 5.82 Å². The van der Waals surface area contributed by atoms with Gasteiger partial charge in [0.1, 0.15) is 11.6 Å². The molecule has 2 aromatic carbocycles. The molecule has 2 heterocycles. The Balaban J connectivity index is 1.48. The first-order valence-electron chi connectivity index (χ1n) is 8.14. The highest BCUT2D eigenvalue weighted by Gasteiger charge is 2.11. The van der Waals surface area contributed by atoms with Crippen molar-refractivity contribution in [2.24, 2.45) is 0 Å². The quantitative estimate of drug-likeness (QED) is 0.613. The number of benzene rings is 2. The van der Waals surface area contributed by atoms with Crippen LogP contribution in [0.1, 0.15) is 21.7 Å². The number of hydrogen-bond donors (Lipinski definition) is 1. The maximum Gasteiger partial charge on any atom is 0.258 e. The topological polar surface area (TPSA) is 59.3 Å². The lowest BCUT2D eigenvalue weighted by atomic mass is 10.1. The molecule has 0 aliphatic carbocycles. The van der Waals surface area contributed by atoms with E-state index in [-0.39, 0.29) is 5.56 Å². The summed E-state index contributed by atoms with van der Waals surface area (Å²) in [5.74, 6) is -0.177. The predicted octanol–water partition coefficient (Wildman–Crippen LogP) is 3.71. The molecule has 1 amide bonds. The van der Waals surface area contributed by atoms with Gasteiger partial charge in [-0.2, -0.15) is 0 Å². The number of carbonyl (C=O) groups is 1. The van der Waals surface area contributed by atoms with E-state index in [0.29, 0.717) is 12.1 Å². The van der Waals surface area contributed by atoms with Crippen LogP contribution in [-0.4, -0.2) is 20.5 Å². The van der Waals surface area contributed by atoms with Crippen molar-refractivity contribution in [2.45, 2.75) is 6.42 Å². The molecule has 0 saturated heterocycles. The minimum atomic E-state index is -0.541. The molecule has 1 N–H and O–H groups in total. The van der Waals surface area contributed by atoms with Crippen molar-refractivity contribution in [3.05, 3.63) is 95.7 Å². The van der Waals surface area contributed by atoms with Gasteiger partial charge in [0, 0.05) is 18.3 Å². The van der Waals surface area contributed by atoms with E-state index in [9.17, 15) is 9.18 Å². The normalized spacial score (nSPS) is 10.8. The minimum absolute atomic E-state index is 0.0199. The molecule has 0 fully saturated rings. The third kappa shape index (κ3) is 3.17. The third-order valence-electron chi connectivity index (χ3n) is 4.08. The standard InChI is InChI=1S/C20H15FN4O/c21-17-6-2-1-5-16(17)20(26)22-15-10-8-14(9-11-15)13-19-24-23-18-7-3-4-12-25(18)19/h1-12H,13H2,(H,22,26). The zero-order chi connectivity index (χ0) is 17.9. The molecule has 5 nitrogen and oxygen atoms in total. The molecular weight excluding hydrogens is 331 g/mol. The van der Waals surface area contributed by atoms with Crippen LogP contribution in [0.2, 0.25) is 0 Å². The lowest BCUT2D eigenvalue weighted by Crippen LogP contribution is -2.13. The molecule has 0 aliphatic heterocycles. The number of rotatable bonds is 4. The second-order valence-electron chi connectivity index (χ2n) is 5.85. The van der Waals surface area contributed by atoms with Gasteiger partial charge < -0.3 is 5.32 Å². The van der Waals surface area contributed by atoms with Gasteiger partial charge in [0.2, 0.25) is 0 Å². The van der Waals surface area contributed by atoms with Gasteiger partial charge in [-0.15, -0.1) is 10.2 Å². The second-order valence-corrected chi connectivity index (χ2v) is 5.85. The Morgan fingerprint density at radius 3 is 2.54 bits per heavy atom. The summed E-state index contributed by atoms with van der Waals surface area (Å²) in [5, 5.41) is 11.0. The fourth-order valence-corrected chi connectivity index (χ4v) is 2.74. The molecule has 4 rings (SSSR count). The molecule has 0 atom stereocenters. The Labute approximate surface area is 149 Å². The van der Waals surface area contributed by atoms with Gasteiger partial charge >= 0.3 is 0 Å². The summed E-state index contributed by atoms with van der Waals surface area (Å²) >= 11 is 0. The summed E-state index contributed by atoms with van der Waals surface area (Å²) in [7, 11) is 0. The van der Waals surface area contributed by atoms with Crippen LogP contribution in [0.5, 0.6) is 0 Å². The molecule has 0 radical (unpaired) electrons. The summed E-state index contributed by atoms with van der Waals surface area (Å²) in [6, 6.07) is 19.0. The number of hydrogen-bond acceptors (Lipinski definition) is 3. The molecule has 26 heavy (non-hydrogen) atoms. The van der Waals surface area contributed by atoms with E-state index in [1.807, 2.05) is 40.9 Å². The van der Waals surface area contributed by atoms with E-state index >= 15 is 0 Å². The lowest BCUT2D eigenvalue weighted by molar-refractivity contribution is 0.102. The van der Waals surface area contributed by atoms with Gasteiger partial charge in [0.25, 0.3) is 5.91 Å². The van der Waals surface area contributed by atoms with Gasteiger partial charge in [-0.25, -0.2) is 4.39 Å². The number of fused-ring (bicyclic) bond motifs is 1. The first kappa shape index (κ1) is 16.0. The Hall–Kier alpha value is -3.54. The molecule has 0 aliphatic rings. The maximum atomic E-state index is 13.7. The van der Waals surface area contributed by atoms with Crippen LogP contribution < -0.4 is 5.32 Å². The number of halogens is 1. The van der Waals surface area contributed by atoms with Crippen molar-refractivity contribution in [1.29, 1.82) is 0 Å². The summed E-state index contributed by atoms with van der Waals surface area (Å²) in [5.41, 5.74) is 2.46. The molecule has 2 aromatic heterocycles. The molecule has 0 unspecified atom stereocenters. The zero-order valence-electron chi connectivity index (χ0n) is 13.8. The van der Waals surface area contributed by atoms with E-state index in [2.05, 4.69) is 15.5 Å². The Morgan fingerprint density at radius 1 is 0.962 bits per heavy atom. The SMILES string of the molecule is O=C(Nc1ccc(Cc2nnc3ccccn23)cc1)c1ccccc1F. The average Bonchev–Trinajstić information content (AvgIpc) is 3.07. The Kier molecular flexibility index (Phi) is 4.15. The third-order valence-corrected chi connectivity index (χ3v) is 4.08. The summed E-state index contributed by atoms with van der Waals surface area (Å²) < 4.78 is 15.6. The number of pyridine rings is 1. The zero-order valence-corrected chi connectivity index (χ0v) is 13.8. The van der Waals surface area contributed by atoms with E-state index in [0.717, 1.165) is 17.0 Å². The van der Waals surface area contributed by atoms with Gasteiger partial charge in [0.15, 0.2) is 5.65 Å². The van der Waals surface area contributed by atoms with E-state index in [1.165, 1.54) is 12.1 Å². The van der Waals surface area contributed by atoms with E-state index in [1.54, 1.807) is 24.3 Å². The van der Waals surface area contributed by atoms with Crippen LogP contribution in [0.3, 0.4) is 0 Å². The maximum absolute atomic E-state index is 13.7. The average molecular weight is 346 g/mol. The number of anilines is 1. The molecule has 6 heteroatoms. The van der Waals surface area contributed by atoms with Crippen molar-refractivity contribution in [3.8, 4) is 0 Å². The Morgan fingerprint density at radius 2 is 1.73 bits per heavy atom. The van der Waals surface area contributed by atoms with Gasteiger partial charge in [-0.3, -0.25) is 9.20 Å². The van der Waals surface area contributed by atoms with Crippen molar-refractivity contribution < 1.29 is 9.18 Å². The van der Waals surface area contributed by atoms with E-state index in [4.69, 9.17) is 0 Å². The molecular formula is C20H15FN4O. The van der Waals surface area contributed by atoms with Crippen LogP contribution in [-0.2, 0) is 6.42 Å². The fraction of sp³-hybridized carbons (Fsp3) is 0.0500. The van der Waals surface area contributed by atoms with E-state index < -0.39 is 11.7 Å². The number of nitrogens with zero attached hydrogens (tertiary/aromatic N) is 3. The highest BCUT2D eigenvalue weighted by Crippen LogP contribution is 2.15. The number of amides is 1. The summed E-state index contributed by atoms with van der Waals surface area (Å²) in [4.78, 5) is 12.1. The number of carbonyl (C=O) groups excluding carboxylic acids is 1. The van der Waals surface area contributed by atoms with Crippen LogP contribution >= 0.6 is 0 Å². The first-order chi connectivity index (χ1) is 12.7. The van der Waals surface area contributed by atoms with Crippen molar-refractivity contribution in [1.82, 2.24) is 14.6 Å². The van der Waals surface area contributed by atoms with Gasteiger partial charge in [-0.1, -0.05) is 30.3 Å². The van der Waals surface area contributed by atoms with Gasteiger partial charge in [-0.05, 0) is 42.0 Å². The second kappa shape index (κ2) is 6.76. The highest BCUT2D eigenvalue weighted by molar-refractivity contribution is 6.04. The largest absolute Gasteiger partial charge is 0.322 e. The van der Waals surface area contributed by atoms with Crippen molar-refractivity contribution in [2.75, 3.05) is 5.32 Å². The van der Waals surface area contributed by atoms with Crippen LogP contribution in [0.25, 0.3) is 5.65 Å². The molecule has 0 saturated carbocycles. The fourth-order valence-electron chi connectivity index (χ4n) is 2.74. The van der Waals surface area contributed by atoms with Crippen LogP contribution in [0.4, 0.5) is 10.1 Å².